The third-order valence-electron chi connectivity index (χ3n) is 2.51. The summed E-state index contributed by atoms with van der Waals surface area (Å²) >= 11 is 0. The molecule has 0 aromatic carbocycles. The predicted octanol–water partition coefficient (Wildman–Crippen LogP) is 0.143. The van der Waals surface area contributed by atoms with Gasteiger partial charge in [0, 0.05) is 25.7 Å². The van der Waals surface area contributed by atoms with Crippen molar-refractivity contribution in [3.8, 4) is 0 Å². The van der Waals surface area contributed by atoms with Gasteiger partial charge < -0.3 is 10.4 Å². The van der Waals surface area contributed by atoms with Gasteiger partial charge in [0.15, 0.2) is 0 Å². The number of carbonyl (C=O) groups is 1. The lowest BCUT2D eigenvalue weighted by Gasteiger charge is -2.35. The quantitative estimate of drug-likeness (QED) is 0.658. The van der Waals surface area contributed by atoms with Crippen LogP contribution in [0.25, 0.3) is 0 Å². The van der Waals surface area contributed by atoms with Crippen LogP contribution in [0.2, 0.25) is 0 Å². The number of piperazine rings is 1. The molecule has 0 amide bonds. The van der Waals surface area contributed by atoms with Crippen LogP contribution in [0.3, 0.4) is 0 Å². The lowest BCUT2D eigenvalue weighted by atomic mass is 10.1. The Morgan fingerprint density at radius 1 is 1.77 bits per heavy atom. The molecule has 1 saturated heterocycles. The molecule has 0 aromatic rings. The lowest BCUT2D eigenvalue weighted by Crippen LogP contribution is -2.54. The predicted molar refractivity (Wildman–Crippen MR) is 50.8 cm³/mol. The fraction of sp³-hybridized carbons (Fsp3) is 0.889. The second-order valence-corrected chi connectivity index (χ2v) is 3.61. The Labute approximate surface area is 78.9 Å². The molecule has 2 N–H and O–H groups in total. The number of aliphatic carboxylic acids is 1. The normalized spacial score (nSPS) is 27.1. The molecular formula is C9H18N2O2. The number of hydrogen-bond donors (Lipinski definition) is 2. The molecule has 4 nitrogen and oxygen atoms in total. The second kappa shape index (κ2) is 4.58. The summed E-state index contributed by atoms with van der Waals surface area (Å²) in [6.07, 6.45) is 0.683. The van der Waals surface area contributed by atoms with Crippen LogP contribution in [0.1, 0.15) is 20.3 Å². The largest absolute Gasteiger partial charge is 0.480 e. The summed E-state index contributed by atoms with van der Waals surface area (Å²) in [5.74, 6) is -0.698. The van der Waals surface area contributed by atoms with E-state index < -0.39 is 5.97 Å². The number of nitrogens with zero attached hydrogens (tertiary/aromatic N) is 1. The Morgan fingerprint density at radius 2 is 2.46 bits per heavy atom. The van der Waals surface area contributed by atoms with Crippen molar-refractivity contribution in [2.45, 2.75) is 32.4 Å². The van der Waals surface area contributed by atoms with Gasteiger partial charge in [0.1, 0.15) is 6.04 Å². The molecule has 13 heavy (non-hydrogen) atoms. The summed E-state index contributed by atoms with van der Waals surface area (Å²) in [6.45, 7) is 6.58. The molecule has 0 radical (unpaired) electrons. The van der Waals surface area contributed by atoms with Gasteiger partial charge >= 0.3 is 5.97 Å². The number of nitrogens with one attached hydrogen (secondary N) is 1. The molecule has 0 aliphatic carbocycles. The van der Waals surface area contributed by atoms with Gasteiger partial charge in [0.25, 0.3) is 0 Å². The Morgan fingerprint density at radius 3 is 2.92 bits per heavy atom. The van der Waals surface area contributed by atoms with Crippen LogP contribution < -0.4 is 5.32 Å². The zero-order chi connectivity index (χ0) is 9.84. The molecule has 0 spiro atoms. The monoisotopic (exact) mass is 186 g/mol. The van der Waals surface area contributed by atoms with Crippen molar-refractivity contribution in [2.24, 2.45) is 0 Å². The van der Waals surface area contributed by atoms with Crippen molar-refractivity contribution in [3.05, 3.63) is 0 Å². The maximum atomic E-state index is 10.9. The topological polar surface area (TPSA) is 52.6 Å². The first-order valence-electron chi connectivity index (χ1n) is 4.85. The van der Waals surface area contributed by atoms with Crippen molar-refractivity contribution in [2.75, 3.05) is 19.6 Å². The van der Waals surface area contributed by atoms with Crippen LogP contribution in [0.15, 0.2) is 0 Å². The van der Waals surface area contributed by atoms with Gasteiger partial charge in [0.05, 0.1) is 0 Å². The minimum absolute atomic E-state index is 0.301. The number of carboxylic acid groups (broad SMARTS) is 1. The molecule has 4 heteroatoms. The van der Waals surface area contributed by atoms with E-state index in [1.165, 1.54) is 0 Å². The van der Waals surface area contributed by atoms with Crippen LogP contribution in [-0.4, -0.2) is 47.7 Å². The third-order valence-corrected chi connectivity index (χ3v) is 2.51. The molecule has 1 rings (SSSR count). The molecule has 1 aliphatic heterocycles. The van der Waals surface area contributed by atoms with Gasteiger partial charge in [-0.05, 0) is 13.3 Å². The Kier molecular flexibility index (Phi) is 3.69. The van der Waals surface area contributed by atoms with Crippen LogP contribution in [0.5, 0.6) is 0 Å². The average molecular weight is 186 g/mol. The smallest absolute Gasteiger partial charge is 0.320 e. The number of hydrogen-bond acceptors (Lipinski definition) is 3. The first kappa shape index (κ1) is 10.5. The molecule has 2 atom stereocenters. The summed E-state index contributed by atoms with van der Waals surface area (Å²) in [6, 6.07) is 0.103. The van der Waals surface area contributed by atoms with Crippen LogP contribution in [-0.2, 0) is 4.79 Å². The molecule has 0 saturated carbocycles. The SMILES string of the molecule is CCC(C(=O)O)N1CCN[C@H](C)C1. The first-order valence-corrected chi connectivity index (χ1v) is 4.85. The van der Waals surface area contributed by atoms with E-state index >= 15 is 0 Å². The summed E-state index contributed by atoms with van der Waals surface area (Å²) < 4.78 is 0. The molecular weight excluding hydrogens is 168 g/mol. The van der Waals surface area contributed by atoms with E-state index in [9.17, 15) is 4.79 Å². The fourth-order valence-electron chi connectivity index (χ4n) is 1.83. The lowest BCUT2D eigenvalue weighted by molar-refractivity contribution is -0.143. The van der Waals surface area contributed by atoms with E-state index in [2.05, 4.69) is 12.2 Å². The van der Waals surface area contributed by atoms with E-state index in [1.807, 2.05) is 11.8 Å². The van der Waals surface area contributed by atoms with Crippen molar-refractivity contribution >= 4 is 5.97 Å². The molecule has 1 heterocycles. The van der Waals surface area contributed by atoms with Gasteiger partial charge in [0.2, 0.25) is 0 Å². The highest BCUT2D eigenvalue weighted by atomic mass is 16.4. The number of carboxylic acids is 1. The minimum Gasteiger partial charge on any atom is -0.480 e. The maximum Gasteiger partial charge on any atom is 0.320 e. The highest BCUT2D eigenvalue weighted by Gasteiger charge is 2.26. The Hall–Kier alpha value is -0.610. The summed E-state index contributed by atoms with van der Waals surface area (Å²) in [4.78, 5) is 12.9. The molecule has 1 unspecified atom stereocenters. The van der Waals surface area contributed by atoms with Crippen molar-refractivity contribution in [1.82, 2.24) is 10.2 Å². The van der Waals surface area contributed by atoms with Crippen molar-refractivity contribution in [1.29, 1.82) is 0 Å². The van der Waals surface area contributed by atoms with Gasteiger partial charge in [-0.25, -0.2) is 0 Å². The highest BCUT2D eigenvalue weighted by molar-refractivity contribution is 5.73. The minimum atomic E-state index is -0.698. The fourth-order valence-corrected chi connectivity index (χ4v) is 1.83. The number of rotatable bonds is 3. The Balaban J connectivity index is 2.52. The van der Waals surface area contributed by atoms with Gasteiger partial charge in [-0.1, -0.05) is 6.92 Å². The molecule has 76 valence electrons. The van der Waals surface area contributed by atoms with Gasteiger partial charge in [-0.3, -0.25) is 9.69 Å². The van der Waals surface area contributed by atoms with E-state index in [1.54, 1.807) is 0 Å². The van der Waals surface area contributed by atoms with Crippen molar-refractivity contribution < 1.29 is 9.90 Å². The van der Waals surface area contributed by atoms with E-state index in [0.717, 1.165) is 19.6 Å². The van der Waals surface area contributed by atoms with Crippen LogP contribution in [0, 0.1) is 0 Å². The average Bonchev–Trinajstić information content (AvgIpc) is 2.04. The van der Waals surface area contributed by atoms with Crippen LogP contribution >= 0.6 is 0 Å². The first-order chi connectivity index (χ1) is 6.15. The highest BCUT2D eigenvalue weighted by Crippen LogP contribution is 2.08. The molecule has 0 bridgehead atoms. The molecule has 1 aliphatic rings. The summed E-state index contributed by atoms with van der Waals surface area (Å²) in [7, 11) is 0. The van der Waals surface area contributed by atoms with Gasteiger partial charge in [-0.15, -0.1) is 0 Å². The van der Waals surface area contributed by atoms with E-state index in [-0.39, 0.29) is 6.04 Å². The van der Waals surface area contributed by atoms with E-state index in [4.69, 9.17) is 5.11 Å². The second-order valence-electron chi connectivity index (χ2n) is 3.61. The Bertz CT molecular complexity index is 184. The third kappa shape index (κ3) is 2.67. The molecule has 0 aromatic heterocycles. The molecule has 1 fully saturated rings. The van der Waals surface area contributed by atoms with Crippen molar-refractivity contribution in [3.63, 3.8) is 0 Å². The van der Waals surface area contributed by atoms with Crippen LogP contribution in [0.4, 0.5) is 0 Å². The standard InChI is InChI=1S/C9H18N2O2/c1-3-8(9(12)13)11-5-4-10-7(2)6-11/h7-8,10H,3-6H2,1-2H3,(H,12,13)/t7-,8?/m1/s1. The summed E-state index contributed by atoms with van der Waals surface area (Å²) in [5, 5.41) is 12.2. The zero-order valence-electron chi connectivity index (χ0n) is 8.29. The van der Waals surface area contributed by atoms with E-state index in [0.29, 0.717) is 12.5 Å². The zero-order valence-corrected chi connectivity index (χ0v) is 8.29. The maximum absolute atomic E-state index is 10.9. The summed E-state index contributed by atoms with van der Waals surface area (Å²) in [5.41, 5.74) is 0. The van der Waals surface area contributed by atoms with Gasteiger partial charge in [-0.2, -0.15) is 0 Å².